The number of benzene rings is 1. The molecule has 0 heterocycles. The Morgan fingerprint density at radius 2 is 1.88 bits per heavy atom. The summed E-state index contributed by atoms with van der Waals surface area (Å²) in [6, 6.07) is 2.06. The van der Waals surface area contributed by atoms with Crippen LogP contribution in [0.4, 0.5) is 20.2 Å². The lowest BCUT2D eigenvalue weighted by Gasteiger charge is -2.27. The summed E-state index contributed by atoms with van der Waals surface area (Å²) in [6.07, 6.45) is 4.29. The Kier molecular flexibility index (Phi) is 2.74. The van der Waals surface area contributed by atoms with Crippen molar-refractivity contribution in [2.45, 2.75) is 38.1 Å². The van der Waals surface area contributed by atoms with Crippen LogP contribution < -0.4 is 11.1 Å². The summed E-state index contributed by atoms with van der Waals surface area (Å²) in [6.45, 7) is 2.06. The average molecular weight is 226 g/mol. The van der Waals surface area contributed by atoms with Crippen LogP contribution in [-0.4, -0.2) is 5.54 Å². The molecule has 16 heavy (non-hydrogen) atoms. The first-order valence-electron chi connectivity index (χ1n) is 5.53. The molecule has 1 aliphatic rings. The molecule has 1 aliphatic carbocycles. The zero-order valence-corrected chi connectivity index (χ0v) is 9.32. The third kappa shape index (κ3) is 2.10. The number of halogens is 2. The van der Waals surface area contributed by atoms with Crippen molar-refractivity contribution >= 4 is 11.4 Å². The minimum atomic E-state index is -0.705. The zero-order chi connectivity index (χ0) is 11.8. The molecule has 0 atom stereocenters. The van der Waals surface area contributed by atoms with Gasteiger partial charge >= 0.3 is 0 Å². The van der Waals surface area contributed by atoms with E-state index in [1.807, 2.05) is 0 Å². The first-order valence-corrected chi connectivity index (χ1v) is 5.53. The molecular weight excluding hydrogens is 210 g/mol. The van der Waals surface area contributed by atoms with Gasteiger partial charge in [0.2, 0.25) is 0 Å². The first kappa shape index (κ1) is 11.2. The molecule has 0 spiro atoms. The molecule has 0 saturated heterocycles. The second kappa shape index (κ2) is 3.92. The van der Waals surface area contributed by atoms with E-state index in [4.69, 9.17) is 5.73 Å². The minimum absolute atomic E-state index is 0.00507. The van der Waals surface area contributed by atoms with Gasteiger partial charge in [-0.2, -0.15) is 0 Å². The number of nitrogens with two attached hydrogens (primary N) is 1. The Hall–Kier alpha value is -1.32. The van der Waals surface area contributed by atoms with Crippen molar-refractivity contribution in [1.29, 1.82) is 0 Å². The van der Waals surface area contributed by atoms with E-state index in [2.05, 4.69) is 12.2 Å². The summed E-state index contributed by atoms with van der Waals surface area (Å²) in [5, 5.41) is 3.16. The third-order valence-corrected chi connectivity index (χ3v) is 3.24. The van der Waals surface area contributed by atoms with E-state index in [9.17, 15) is 8.78 Å². The van der Waals surface area contributed by atoms with E-state index in [1.54, 1.807) is 0 Å². The van der Waals surface area contributed by atoms with Gasteiger partial charge in [-0.3, -0.25) is 0 Å². The number of nitrogens with one attached hydrogen (secondary N) is 1. The second-order valence-corrected chi connectivity index (χ2v) is 4.74. The van der Waals surface area contributed by atoms with Gasteiger partial charge in [0.25, 0.3) is 0 Å². The van der Waals surface area contributed by atoms with Gasteiger partial charge in [0, 0.05) is 11.6 Å². The molecule has 3 N–H and O–H groups in total. The molecule has 1 aromatic rings. The standard InChI is InChI=1S/C12H16F2N2/c1-12(4-2-3-5-12)16-10-7-8(13)6-9(14)11(10)15/h6-7,16H,2-5,15H2,1H3. The Balaban J connectivity index is 2.27. The predicted octanol–water partition coefficient (Wildman–Crippen LogP) is 3.29. The van der Waals surface area contributed by atoms with Crippen LogP contribution in [0.3, 0.4) is 0 Å². The van der Waals surface area contributed by atoms with Gasteiger partial charge in [0.15, 0.2) is 5.82 Å². The Labute approximate surface area is 93.8 Å². The van der Waals surface area contributed by atoms with Crippen molar-refractivity contribution < 1.29 is 8.78 Å². The molecule has 0 unspecified atom stereocenters. The van der Waals surface area contributed by atoms with Crippen molar-refractivity contribution in [1.82, 2.24) is 0 Å². The maximum atomic E-state index is 13.2. The van der Waals surface area contributed by atoms with Crippen LogP contribution in [0, 0.1) is 11.6 Å². The lowest BCUT2D eigenvalue weighted by molar-refractivity contribution is 0.530. The first-order chi connectivity index (χ1) is 7.50. The van der Waals surface area contributed by atoms with Gasteiger partial charge in [-0.05, 0) is 25.8 Å². The molecule has 1 fully saturated rings. The number of rotatable bonds is 2. The fourth-order valence-corrected chi connectivity index (χ4v) is 2.29. The second-order valence-electron chi connectivity index (χ2n) is 4.74. The van der Waals surface area contributed by atoms with Crippen molar-refractivity contribution in [3.8, 4) is 0 Å². The molecule has 1 saturated carbocycles. The van der Waals surface area contributed by atoms with Crippen molar-refractivity contribution in [2.24, 2.45) is 0 Å². The maximum absolute atomic E-state index is 13.2. The monoisotopic (exact) mass is 226 g/mol. The van der Waals surface area contributed by atoms with Crippen molar-refractivity contribution in [2.75, 3.05) is 11.1 Å². The number of hydrogen-bond acceptors (Lipinski definition) is 2. The van der Waals surface area contributed by atoms with Crippen LogP contribution in [0.5, 0.6) is 0 Å². The molecule has 0 radical (unpaired) electrons. The van der Waals surface area contributed by atoms with Gasteiger partial charge in [0.1, 0.15) is 5.82 Å². The minimum Gasteiger partial charge on any atom is -0.395 e. The molecule has 2 nitrogen and oxygen atoms in total. The average Bonchev–Trinajstić information content (AvgIpc) is 2.61. The van der Waals surface area contributed by atoms with Gasteiger partial charge in [0.05, 0.1) is 11.4 Å². The van der Waals surface area contributed by atoms with E-state index in [0.717, 1.165) is 31.7 Å². The Morgan fingerprint density at radius 1 is 1.25 bits per heavy atom. The van der Waals surface area contributed by atoms with Crippen LogP contribution >= 0.6 is 0 Å². The number of hydrogen-bond donors (Lipinski definition) is 2. The summed E-state index contributed by atoms with van der Waals surface area (Å²) >= 11 is 0. The van der Waals surface area contributed by atoms with E-state index in [-0.39, 0.29) is 11.2 Å². The number of anilines is 2. The largest absolute Gasteiger partial charge is 0.395 e. The van der Waals surface area contributed by atoms with E-state index >= 15 is 0 Å². The molecule has 88 valence electrons. The highest BCUT2D eigenvalue weighted by Crippen LogP contribution is 2.35. The Bertz CT molecular complexity index is 398. The molecule has 0 bridgehead atoms. The molecule has 0 aliphatic heterocycles. The molecule has 0 aromatic heterocycles. The summed E-state index contributed by atoms with van der Waals surface area (Å²) < 4.78 is 26.3. The zero-order valence-electron chi connectivity index (χ0n) is 9.32. The van der Waals surface area contributed by atoms with Crippen LogP contribution in [0.2, 0.25) is 0 Å². The van der Waals surface area contributed by atoms with E-state index in [0.29, 0.717) is 5.69 Å². The van der Waals surface area contributed by atoms with Gasteiger partial charge < -0.3 is 11.1 Å². The number of nitrogen functional groups attached to an aromatic ring is 1. The summed E-state index contributed by atoms with van der Waals surface area (Å²) in [7, 11) is 0. The lowest BCUT2D eigenvalue weighted by Crippen LogP contribution is -2.31. The van der Waals surface area contributed by atoms with Crippen molar-refractivity contribution in [3.05, 3.63) is 23.8 Å². The summed E-state index contributed by atoms with van der Waals surface area (Å²) in [5.41, 5.74) is 5.85. The molecule has 1 aromatic carbocycles. The van der Waals surface area contributed by atoms with Gasteiger partial charge in [-0.15, -0.1) is 0 Å². The van der Waals surface area contributed by atoms with Crippen LogP contribution in [0.1, 0.15) is 32.6 Å². The van der Waals surface area contributed by atoms with Gasteiger partial charge in [-0.25, -0.2) is 8.78 Å². The Morgan fingerprint density at radius 3 is 2.50 bits per heavy atom. The topological polar surface area (TPSA) is 38.0 Å². The van der Waals surface area contributed by atoms with Crippen molar-refractivity contribution in [3.63, 3.8) is 0 Å². The molecule has 0 amide bonds. The predicted molar refractivity (Wildman–Crippen MR) is 61.3 cm³/mol. The lowest BCUT2D eigenvalue weighted by atomic mass is 10.00. The summed E-state index contributed by atoms with van der Waals surface area (Å²) in [4.78, 5) is 0. The molecular formula is C12H16F2N2. The molecule has 2 rings (SSSR count). The summed E-state index contributed by atoms with van der Waals surface area (Å²) in [5.74, 6) is -1.31. The van der Waals surface area contributed by atoms with Gasteiger partial charge in [-0.1, -0.05) is 12.8 Å². The highest BCUT2D eigenvalue weighted by atomic mass is 19.1. The van der Waals surface area contributed by atoms with Crippen LogP contribution in [0.25, 0.3) is 0 Å². The van der Waals surface area contributed by atoms with E-state index in [1.165, 1.54) is 6.07 Å². The van der Waals surface area contributed by atoms with Crippen LogP contribution in [0.15, 0.2) is 12.1 Å². The van der Waals surface area contributed by atoms with E-state index < -0.39 is 11.6 Å². The highest BCUT2D eigenvalue weighted by molar-refractivity contribution is 5.67. The SMILES string of the molecule is CC1(Nc2cc(F)cc(F)c2N)CCCC1. The maximum Gasteiger partial charge on any atom is 0.151 e. The quantitative estimate of drug-likeness (QED) is 0.759. The highest BCUT2D eigenvalue weighted by Gasteiger charge is 2.29. The third-order valence-electron chi connectivity index (χ3n) is 3.24. The molecule has 4 heteroatoms. The normalized spacial score (nSPS) is 18.7. The smallest absolute Gasteiger partial charge is 0.151 e. The van der Waals surface area contributed by atoms with Crippen LogP contribution in [-0.2, 0) is 0 Å². The fraction of sp³-hybridized carbons (Fsp3) is 0.500. The fourth-order valence-electron chi connectivity index (χ4n) is 2.29.